The van der Waals surface area contributed by atoms with Crippen molar-refractivity contribution in [1.29, 1.82) is 0 Å². The van der Waals surface area contributed by atoms with Crippen LogP contribution in [-0.4, -0.2) is 40.9 Å². The zero-order valence-corrected chi connectivity index (χ0v) is 14.7. The minimum absolute atomic E-state index is 0.0138. The molecule has 6 rings (SSSR count). The van der Waals surface area contributed by atoms with E-state index in [1.54, 1.807) is 17.0 Å². The highest BCUT2D eigenvalue weighted by molar-refractivity contribution is 5.89. The monoisotopic (exact) mass is 357 g/mol. The zero-order chi connectivity index (χ0) is 18.1. The molecule has 4 bridgehead atoms. The van der Waals surface area contributed by atoms with Crippen LogP contribution >= 0.6 is 0 Å². The number of benzene rings is 1. The molecule has 1 N–H and O–H groups in total. The number of aliphatic hydroxyl groups excluding tert-OH is 1. The van der Waals surface area contributed by atoms with Crippen molar-refractivity contribution < 1.29 is 19.1 Å². The molecule has 4 saturated carbocycles. The summed E-state index contributed by atoms with van der Waals surface area (Å²) in [4.78, 5) is 27.7. The Morgan fingerprint density at radius 3 is 2.58 bits per heavy atom. The van der Waals surface area contributed by atoms with Crippen molar-refractivity contribution in [3.63, 3.8) is 0 Å². The number of amides is 1. The average Bonchev–Trinajstić information content (AvgIpc) is 2.59. The molecule has 0 spiro atoms. The SMILES string of the molecule is O=C1C2CC3CC(C2)C(CC(=O)N2CC(O)C2)(c2ccc(F)cc2)[C@@H]1C3. The molecule has 1 amide bonds. The zero-order valence-electron chi connectivity index (χ0n) is 14.7. The Morgan fingerprint density at radius 2 is 1.88 bits per heavy atom. The lowest BCUT2D eigenvalue weighted by atomic mass is 9.42. The average molecular weight is 357 g/mol. The number of Topliss-reactive ketones (excluding diaryl/α,β-unsaturated/α-hetero) is 1. The number of hydrogen-bond acceptors (Lipinski definition) is 3. The third-order valence-electron chi connectivity index (χ3n) is 7.51. The molecular formula is C21H24FNO3. The number of nitrogens with zero attached hydrogens (tertiary/aromatic N) is 1. The van der Waals surface area contributed by atoms with E-state index in [0.717, 1.165) is 31.2 Å². The lowest BCUT2D eigenvalue weighted by Crippen LogP contribution is -2.62. The molecule has 5 heteroatoms. The summed E-state index contributed by atoms with van der Waals surface area (Å²) in [6.07, 6.45) is 3.66. The van der Waals surface area contributed by atoms with Crippen LogP contribution in [0.15, 0.2) is 24.3 Å². The van der Waals surface area contributed by atoms with E-state index in [1.165, 1.54) is 12.1 Å². The lowest BCUT2D eigenvalue weighted by molar-refractivity contribution is -0.157. The maximum Gasteiger partial charge on any atom is 0.223 e. The molecule has 4 unspecified atom stereocenters. The van der Waals surface area contributed by atoms with Crippen molar-refractivity contribution >= 4 is 11.7 Å². The molecule has 4 aliphatic carbocycles. The van der Waals surface area contributed by atoms with Gasteiger partial charge < -0.3 is 10.0 Å². The Bertz CT molecular complexity index is 757. The van der Waals surface area contributed by atoms with Gasteiger partial charge in [-0.05, 0) is 55.2 Å². The number of hydrogen-bond donors (Lipinski definition) is 1. The second kappa shape index (κ2) is 5.62. The number of aliphatic hydroxyl groups is 1. The van der Waals surface area contributed by atoms with Gasteiger partial charge in [0.1, 0.15) is 11.6 Å². The van der Waals surface area contributed by atoms with E-state index in [9.17, 15) is 19.1 Å². The van der Waals surface area contributed by atoms with Crippen molar-refractivity contribution in [2.75, 3.05) is 13.1 Å². The Labute approximate surface area is 152 Å². The first-order valence-electron chi connectivity index (χ1n) is 9.73. The van der Waals surface area contributed by atoms with Crippen LogP contribution in [0.4, 0.5) is 4.39 Å². The molecule has 0 radical (unpaired) electrons. The minimum Gasteiger partial charge on any atom is -0.389 e. The molecule has 138 valence electrons. The van der Waals surface area contributed by atoms with E-state index in [0.29, 0.717) is 37.1 Å². The number of carbonyl (C=O) groups is 2. The number of β-amino-alcohol motifs (C(OH)–C–C–N with tert-alkyl or cyclic N) is 1. The smallest absolute Gasteiger partial charge is 0.223 e. The van der Waals surface area contributed by atoms with Crippen LogP contribution in [0.3, 0.4) is 0 Å². The first-order chi connectivity index (χ1) is 12.5. The summed E-state index contributed by atoms with van der Waals surface area (Å²) >= 11 is 0. The van der Waals surface area contributed by atoms with Crippen LogP contribution in [0.5, 0.6) is 0 Å². The maximum absolute atomic E-state index is 13.5. The Morgan fingerprint density at radius 1 is 1.15 bits per heavy atom. The summed E-state index contributed by atoms with van der Waals surface area (Å²) in [5.41, 5.74) is 0.436. The summed E-state index contributed by atoms with van der Waals surface area (Å²) in [5.74, 6) is 0.972. The van der Waals surface area contributed by atoms with Gasteiger partial charge in [-0.2, -0.15) is 0 Å². The fourth-order valence-electron chi connectivity index (χ4n) is 6.35. The quantitative estimate of drug-likeness (QED) is 0.903. The molecule has 5 atom stereocenters. The van der Waals surface area contributed by atoms with Crippen molar-refractivity contribution in [1.82, 2.24) is 4.90 Å². The van der Waals surface area contributed by atoms with Gasteiger partial charge >= 0.3 is 0 Å². The van der Waals surface area contributed by atoms with E-state index >= 15 is 0 Å². The van der Waals surface area contributed by atoms with Gasteiger partial charge in [0.2, 0.25) is 5.91 Å². The lowest BCUT2D eigenvalue weighted by Gasteiger charge is -2.60. The molecule has 26 heavy (non-hydrogen) atoms. The van der Waals surface area contributed by atoms with E-state index < -0.39 is 11.5 Å². The molecule has 1 aliphatic heterocycles. The first kappa shape index (κ1) is 16.4. The van der Waals surface area contributed by atoms with E-state index in [-0.39, 0.29) is 23.6 Å². The molecule has 4 nitrogen and oxygen atoms in total. The van der Waals surface area contributed by atoms with Crippen molar-refractivity contribution in [2.45, 2.75) is 43.6 Å². The van der Waals surface area contributed by atoms with Crippen LogP contribution in [0.1, 0.15) is 37.7 Å². The molecule has 1 saturated heterocycles. The third kappa shape index (κ3) is 2.22. The first-order valence-corrected chi connectivity index (χ1v) is 9.73. The van der Waals surface area contributed by atoms with E-state index in [2.05, 4.69) is 0 Å². The van der Waals surface area contributed by atoms with Crippen molar-refractivity contribution in [3.05, 3.63) is 35.6 Å². The predicted octanol–water partition coefficient (Wildman–Crippen LogP) is 2.29. The highest BCUT2D eigenvalue weighted by Gasteiger charge is 2.62. The van der Waals surface area contributed by atoms with Gasteiger partial charge in [0.05, 0.1) is 6.10 Å². The molecule has 1 aromatic carbocycles. The van der Waals surface area contributed by atoms with Crippen molar-refractivity contribution in [3.8, 4) is 0 Å². The van der Waals surface area contributed by atoms with Gasteiger partial charge in [-0.15, -0.1) is 0 Å². The fourth-order valence-corrected chi connectivity index (χ4v) is 6.35. The summed E-state index contributed by atoms with van der Waals surface area (Å²) < 4.78 is 13.5. The summed E-state index contributed by atoms with van der Waals surface area (Å²) in [5, 5.41) is 9.54. The molecule has 1 heterocycles. The topological polar surface area (TPSA) is 57.6 Å². The number of likely N-dealkylation sites (tertiary alicyclic amines) is 1. The van der Waals surface area contributed by atoms with Gasteiger partial charge in [0.15, 0.2) is 0 Å². The van der Waals surface area contributed by atoms with Crippen LogP contribution in [-0.2, 0) is 15.0 Å². The summed E-state index contributed by atoms with van der Waals surface area (Å²) in [6.45, 7) is 0.764. The molecule has 0 aromatic heterocycles. The number of rotatable bonds is 3. The van der Waals surface area contributed by atoms with Crippen LogP contribution in [0.25, 0.3) is 0 Å². The summed E-state index contributed by atoms with van der Waals surface area (Å²) in [7, 11) is 0. The highest BCUT2D eigenvalue weighted by atomic mass is 19.1. The van der Waals surface area contributed by atoms with Crippen molar-refractivity contribution in [2.24, 2.45) is 23.7 Å². The second-order valence-electron chi connectivity index (χ2n) is 8.83. The number of halogens is 1. The Balaban J connectivity index is 1.56. The predicted molar refractivity (Wildman–Crippen MR) is 92.7 cm³/mol. The van der Waals surface area contributed by atoms with Crippen LogP contribution in [0.2, 0.25) is 0 Å². The summed E-state index contributed by atoms with van der Waals surface area (Å²) in [6, 6.07) is 6.46. The van der Waals surface area contributed by atoms with Crippen LogP contribution in [0, 0.1) is 29.5 Å². The second-order valence-corrected chi connectivity index (χ2v) is 8.83. The van der Waals surface area contributed by atoms with Gasteiger partial charge in [0.25, 0.3) is 0 Å². The molecule has 5 fully saturated rings. The normalized spacial score (nSPS) is 38.5. The maximum atomic E-state index is 13.5. The molecule has 5 aliphatic rings. The number of ketones is 1. The van der Waals surface area contributed by atoms with Gasteiger partial charge in [0, 0.05) is 36.8 Å². The highest BCUT2D eigenvalue weighted by Crippen LogP contribution is 2.62. The molecule has 1 aromatic rings. The van der Waals surface area contributed by atoms with Gasteiger partial charge in [-0.1, -0.05) is 12.1 Å². The third-order valence-corrected chi connectivity index (χ3v) is 7.51. The molecular weight excluding hydrogens is 333 g/mol. The standard InChI is InChI=1S/C21H24FNO3/c22-16-3-1-14(2-4-16)21(9-19(25)23-10-17(24)11-23)15-6-12-5-13(8-15)20(26)18(21)7-12/h1-4,12-13,15,17-18,24H,5-11H2/t12?,13?,15?,18-,21?/m1/s1. The van der Waals surface area contributed by atoms with Gasteiger partial charge in [-0.3, -0.25) is 9.59 Å². The minimum atomic E-state index is -0.504. The van der Waals surface area contributed by atoms with Gasteiger partial charge in [-0.25, -0.2) is 4.39 Å². The number of carbonyl (C=O) groups excluding carboxylic acids is 2. The van der Waals surface area contributed by atoms with Crippen LogP contribution < -0.4 is 0 Å². The Hall–Kier alpha value is -1.75. The Kier molecular flexibility index (Phi) is 3.55. The fraction of sp³-hybridized carbons (Fsp3) is 0.619. The largest absolute Gasteiger partial charge is 0.389 e. The van der Waals surface area contributed by atoms with E-state index in [4.69, 9.17) is 0 Å². The van der Waals surface area contributed by atoms with E-state index in [1.807, 2.05) is 0 Å².